The Morgan fingerprint density at radius 3 is 2.20 bits per heavy atom. The lowest BCUT2D eigenvalue weighted by atomic mass is 10.2. The highest BCUT2D eigenvalue weighted by molar-refractivity contribution is 7.80. The average Bonchev–Trinajstić information content (AvgIpc) is 2.38. The van der Waals surface area contributed by atoms with Crippen molar-refractivity contribution in [2.45, 2.75) is 19.8 Å². The molecular weight excluding hydrogens is 284 g/mol. The van der Waals surface area contributed by atoms with Gasteiger partial charge in [0.05, 0.1) is 21.6 Å². The van der Waals surface area contributed by atoms with Gasteiger partial charge in [0.2, 0.25) is 0 Å². The molecule has 0 amide bonds. The molecule has 1 rings (SSSR count). The van der Waals surface area contributed by atoms with Crippen LogP contribution in [0.2, 0.25) is 0 Å². The highest BCUT2D eigenvalue weighted by atomic mass is 32.1. The zero-order chi connectivity index (χ0) is 15.1. The van der Waals surface area contributed by atoms with Crippen LogP contribution in [0.1, 0.15) is 19.8 Å². The zero-order valence-electron chi connectivity index (χ0n) is 10.8. The SMILES string of the molecule is CCCCNC(=S)Nc1cc([N+](=O)[O-])cc([N+](=O)[O-])c1. The van der Waals surface area contributed by atoms with E-state index in [1.54, 1.807) is 0 Å². The summed E-state index contributed by atoms with van der Waals surface area (Å²) >= 11 is 5.01. The third kappa shape index (κ3) is 4.76. The third-order valence-corrected chi connectivity index (χ3v) is 2.64. The van der Waals surface area contributed by atoms with E-state index in [9.17, 15) is 20.2 Å². The number of nitrogens with zero attached hydrogens (tertiary/aromatic N) is 2. The molecule has 0 spiro atoms. The molecule has 0 aliphatic rings. The number of anilines is 1. The molecule has 0 saturated heterocycles. The monoisotopic (exact) mass is 298 g/mol. The maximum absolute atomic E-state index is 10.7. The van der Waals surface area contributed by atoms with Crippen LogP contribution in [0.25, 0.3) is 0 Å². The lowest BCUT2D eigenvalue weighted by Crippen LogP contribution is -2.29. The maximum atomic E-state index is 10.7. The number of thiocarbonyl (C=S) groups is 1. The number of nitro groups is 2. The predicted molar refractivity (Wildman–Crippen MR) is 78.9 cm³/mol. The fourth-order valence-electron chi connectivity index (χ4n) is 1.43. The van der Waals surface area contributed by atoms with Gasteiger partial charge in [0.15, 0.2) is 5.11 Å². The number of nitrogens with one attached hydrogen (secondary N) is 2. The van der Waals surface area contributed by atoms with E-state index in [1.807, 2.05) is 6.92 Å². The van der Waals surface area contributed by atoms with Gasteiger partial charge in [-0.3, -0.25) is 20.2 Å². The molecule has 2 N–H and O–H groups in total. The third-order valence-electron chi connectivity index (χ3n) is 2.40. The smallest absolute Gasteiger partial charge is 0.278 e. The van der Waals surface area contributed by atoms with E-state index in [0.717, 1.165) is 18.9 Å². The highest BCUT2D eigenvalue weighted by Gasteiger charge is 2.16. The van der Waals surface area contributed by atoms with Gasteiger partial charge in [-0.1, -0.05) is 13.3 Å². The fraction of sp³-hybridized carbons (Fsp3) is 0.364. The number of hydrogen-bond donors (Lipinski definition) is 2. The van der Waals surface area contributed by atoms with Crippen molar-refractivity contribution in [1.29, 1.82) is 0 Å². The van der Waals surface area contributed by atoms with Crippen LogP contribution in [0.15, 0.2) is 18.2 Å². The quantitative estimate of drug-likeness (QED) is 0.359. The van der Waals surface area contributed by atoms with E-state index >= 15 is 0 Å². The highest BCUT2D eigenvalue weighted by Crippen LogP contribution is 2.25. The molecule has 1 aromatic rings. The number of rotatable bonds is 6. The zero-order valence-corrected chi connectivity index (χ0v) is 11.6. The number of non-ortho nitro benzene ring substituents is 2. The molecule has 9 heteroatoms. The molecule has 0 heterocycles. The Morgan fingerprint density at radius 2 is 1.75 bits per heavy atom. The normalized spacial score (nSPS) is 9.85. The largest absolute Gasteiger partial charge is 0.362 e. The van der Waals surface area contributed by atoms with Crippen LogP contribution in [0.3, 0.4) is 0 Å². The Hall–Kier alpha value is -2.29. The second-order valence-electron chi connectivity index (χ2n) is 3.99. The van der Waals surface area contributed by atoms with E-state index < -0.39 is 9.85 Å². The van der Waals surface area contributed by atoms with Gasteiger partial charge in [-0.2, -0.15) is 0 Å². The van der Waals surface area contributed by atoms with Crippen LogP contribution < -0.4 is 10.6 Å². The number of nitro benzene ring substituents is 2. The van der Waals surface area contributed by atoms with Gasteiger partial charge in [-0.15, -0.1) is 0 Å². The number of hydrogen-bond acceptors (Lipinski definition) is 5. The molecule has 0 aromatic heterocycles. The van der Waals surface area contributed by atoms with Crippen molar-refractivity contribution < 1.29 is 9.85 Å². The summed E-state index contributed by atoms with van der Waals surface area (Å²) in [6.07, 6.45) is 1.93. The van der Waals surface area contributed by atoms with Crippen LogP contribution >= 0.6 is 12.2 Å². The van der Waals surface area contributed by atoms with Gasteiger partial charge in [-0.25, -0.2) is 0 Å². The molecule has 0 fully saturated rings. The van der Waals surface area contributed by atoms with Crippen LogP contribution in [0.4, 0.5) is 17.1 Å². The Morgan fingerprint density at radius 1 is 1.20 bits per heavy atom. The molecule has 0 atom stereocenters. The van der Waals surface area contributed by atoms with Gasteiger partial charge < -0.3 is 10.6 Å². The van der Waals surface area contributed by atoms with E-state index in [4.69, 9.17) is 12.2 Å². The lowest BCUT2D eigenvalue weighted by molar-refractivity contribution is -0.394. The molecule has 0 radical (unpaired) electrons. The Kier molecular flexibility index (Phi) is 5.78. The average molecular weight is 298 g/mol. The van der Waals surface area contributed by atoms with Crippen LogP contribution in [-0.4, -0.2) is 21.5 Å². The van der Waals surface area contributed by atoms with E-state index in [1.165, 1.54) is 12.1 Å². The van der Waals surface area contributed by atoms with Gasteiger partial charge in [0.25, 0.3) is 11.4 Å². The summed E-state index contributed by atoms with van der Waals surface area (Å²) in [7, 11) is 0. The van der Waals surface area contributed by atoms with Crippen molar-refractivity contribution >= 4 is 34.4 Å². The van der Waals surface area contributed by atoms with Crippen LogP contribution in [-0.2, 0) is 0 Å². The summed E-state index contributed by atoms with van der Waals surface area (Å²) in [5.41, 5.74) is -0.518. The molecule has 20 heavy (non-hydrogen) atoms. The number of unbranched alkanes of at least 4 members (excludes halogenated alkanes) is 1. The summed E-state index contributed by atoms with van der Waals surface area (Å²) in [6, 6.07) is 3.29. The van der Waals surface area contributed by atoms with Crippen molar-refractivity contribution in [3.8, 4) is 0 Å². The Labute approximate surface area is 120 Å². The summed E-state index contributed by atoms with van der Waals surface area (Å²) in [5, 5.41) is 27.3. The number of benzene rings is 1. The van der Waals surface area contributed by atoms with Gasteiger partial charge in [0.1, 0.15) is 0 Å². The maximum Gasteiger partial charge on any atom is 0.278 e. The van der Waals surface area contributed by atoms with Crippen LogP contribution in [0.5, 0.6) is 0 Å². The minimum Gasteiger partial charge on any atom is -0.362 e. The summed E-state index contributed by atoms with van der Waals surface area (Å²) in [4.78, 5) is 20.1. The topological polar surface area (TPSA) is 110 Å². The predicted octanol–water partition coefficient (Wildman–Crippen LogP) is 2.59. The van der Waals surface area contributed by atoms with Gasteiger partial charge in [0, 0.05) is 18.7 Å². The van der Waals surface area contributed by atoms with Crippen LogP contribution in [0, 0.1) is 20.2 Å². The minimum atomic E-state index is -0.689. The Balaban J connectivity index is 2.86. The van der Waals surface area contributed by atoms with Gasteiger partial charge in [-0.05, 0) is 18.6 Å². The first-order chi connectivity index (χ1) is 9.43. The molecule has 0 bridgehead atoms. The van der Waals surface area contributed by atoms with Crippen molar-refractivity contribution in [3.05, 3.63) is 38.4 Å². The molecule has 0 saturated carbocycles. The first-order valence-corrected chi connectivity index (χ1v) is 6.33. The fourth-order valence-corrected chi connectivity index (χ4v) is 1.65. The lowest BCUT2D eigenvalue weighted by Gasteiger charge is -2.09. The molecule has 108 valence electrons. The first kappa shape index (κ1) is 15.8. The molecule has 1 aromatic carbocycles. The molecular formula is C11H14N4O4S. The Bertz CT molecular complexity index is 503. The van der Waals surface area contributed by atoms with Crippen molar-refractivity contribution in [2.75, 3.05) is 11.9 Å². The summed E-state index contributed by atoms with van der Waals surface area (Å²) in [6.45, 7) is 2.70. The second kappa shape index (κ2) is 7.34. The minimum absolute atomic E-state index is 0.208. The van der Waals surface area contributed by atoms with Crippen molar-refractivity contribution in [1.82, 2.24) is 5.32 Å². The van der Waals surface area contributed by atoms with Crippen molar-refractivity contribution in [3.63, 3.8) is 0 Å². The molecule has 0 aliphatic heterocycles. The van der Waals surface area contributed by atoms with E-state index in [0.29, 0.717) is 6.54 Å². The molecule has 0 unspecified atom stereocenters. The summed E-state index contributed by atoms with van der Waals surface area (Å²) < 4.78 is 0. The van der Waals surface area contributed by atoms with Gasteiger partial charge >= 0.3 is 0 Å². The standard InChI is InChI=1S/C11H14N4O4S/c1-2-3-4-12-11(20)13-8-5-9(14(16)17)7-10(6-8)15(18)19/h5-7H,2-4H2,1H3,(H2,12,13,20). The molecule has 8 nitrogen and oxygen atoms in total. The van der Waals surface area contributed by atoms with Crippen molar-refractivity contribution in [2.24, 2.45) is 0 Å². The van der Waals surface area contributed by atoms with E-state index in [2.05, 4.69) is 10.6 Å². The van der Waals surface area contributed by atoms with E-state index in [-0.39, 0.29) is 22.2 Å². The molecule has 0 aliphatic carbocycles. The second-order valence-corrected chi connectivity index (χ2v) is 4.40. The summed E-state index contributed by atoms with van der Waals surface area (Å²) in [5.74, 6) is 0. The first-order valence-electron chi connectivity index (χ1n) is 5.92.